The maximum Gasteiger partial charge on any atom is 0.0643 e. The van der Waals surface area contributed by atoms with Crippen LogP contribution in [0.25, 0.3) is 0 Å². The molecular weight excluding hydrogens is 164 g/mol. The monoisotopic (exact) mass is 184 g/mol. The first kappa shape index (κ1) is 9.44. The molecule has 1 saturated carbocycles. The number of ether oxygens (including phenoxy) is 1. The van der Waals surface area contributed by atoms with Gasteiger partial charge in [-0.15, -0.1) is 0 Å². The van der Waals surface area contributed by atoms with E-state index < -0.39 is 0 Å². The lowest BCUT2D eigenvalue weighted by Gasteiger charge is -2.38. The van der Waals surface area contributed by atoms with Crippen molar-refractivity contribution in [2.24, 2.45) is 5.73 Å². The van der Waals surface area contributed by atoms with Crippen molar-refractivity contribution in [3.8, 4) is 0 Å². The van der Waals surface area contributed by atoms with Gasteiger partial charge in [0.05, 0.1) is 6.61 Å². The number of hydrogen-bond acceptors (Lipinski definition) is 3. The lowest BCUT2D eigenvalue weighted by atomic mass is 9.89. The Labute approximate surface area is 80.2 Å². The molecule has 2 N–H and O–H groups in total. The average Bonchev–Trinajstić information content (AvgIpc) is 2.89. The van der Waals surface area contributed by atoms with E-state index in [1.807, 2.05) is 0 Å². The lowest BCUT2D eigenvalue weighted by Crippen LogP contribution is -2.53. The molecule has 0 aromatic carbocycles. The quantitative estimate of drug-likeness (QED) is 0.697. The van der Waals surface area contributed by atoms with Gasteiger partial charge < -0.3 is 15.4 Å². The minimum absolute atomic E-state index is 0.0415. The van der Waals surface area contributed by atoms with Gasteiger partial charge in [0.15, 0.2) is 0 Å². The van der Waals surface area contributed by atoms with Crippen molar-refractivity contribution in [3.05, 3.63) is 0 Å². The highest BCUT2D eigenvalue weighted by Crippen LogP contribution is 2.31. The minimum Gasteiger partial charge on any atom is -0.383 e. The van der Waals surface area contributed by atoms with E-state index in [1.165, 1.54) is 25.9 Å². The van der Waals surface area contributed by atoms with E-state index in [1.54, 1.807) is 7.11 Å². The van der Waals surface area contributed by atoms with Crippen LogP contribution in [0.1, 0.15) is 25.7 Å². The van der Waals surface area contributed by atoms with Gasteiger partial charge in [0, 0.05) is 31.8 Å². The van der Waals surface area contributed by atoms with E-state index in [0.29, 0.717) is 6.61 Å². The van der Waals surface area contributed by atoms with Crippen molar-refractivity contribution in [2.45, 2.75) is 37.3 Å². The molecule has 0 bridgehead atoms. The first-order chi connectivity index (χ1) is 6.23. The zero-order valence-corrected chi connectivity index (χ0v) is 8.46. The van der Waals surface area contributed by atoms with Crippen molar-refractivity contribution in [1.29, 1.82) is 0 Å². The van der Waals surface area contributed by atoms with Crippen LogP contribution in [0.4, 0.5) is 0 Å². The second-order valence-electron chi connectivity index (χ2n) is 4.56. The molecule has 0 unspecified atom stereocenters. The molecule has 3 nitrogen and oxygen atoms in total. The molecule has 0 atom stereocenters. The fraction of sp³-hybridized carbons (Fsp3) is 1.00. The van der Waals surface area contributed by atoms with Crippen LogP contribution in [0.15, 0.2) is 0 Å². The fourth-order valence-corrected chi connectivity index (χ4v) is 2.21. The van der Waals surface area contributed by atoms with Gasteiger partial charge >= 0.3 is 0 Å². The Hall–Kier alpha value is -0.120. The van der Waals surface area contributed by atoms with E-state index in [4.69, 9.17) is 10.5 Å². The van der Waals surface area contributed by atoms with E-state index in [2.05, 4.69) is 4.90 Å². The van der Waals surface area contributed by atoms with Crippen molar-refractivity contribution in [2.75, 3.05) is 26.8 Å². The molecule has 1 heterocycles. The maximum atomic E-state index is 6.20. The van der Waals surface area contributed by atoms with Gasteiger partial charge in [0.25, 0.3) is 0 Å². The van der Waals surface area contributed by atoms with Crippen LogP contribution in [-0.2, 0) is 4.74 Å². The minimum atomic E-state index is -0.0415. The van der Waals surface area contributed by atoms with Crippen LogP contribution < -0.4 is 5.73 Å². The standard InChI is InChI=1S/C10H20N2O/c1-13-8-10(11)4-6-12(7-5-10)9-2-3-9/h9H,2-8,11H2,1H3. The van der Waals surface area contributed by atoms with Gasteiger partial charge in [-0.2, -0.15) is 0 Å². The predicted molar refractivity (Wildman–Crippen MR) is 52.6 cm³/mol. The van der Waals surface area contributed by atoms with Gasteiger partial charge in [-0.1, -0.05) is 0 Å². The predicted octanol–water partition coefficient (Wildman–Crippen LogP) is 0.589. The zero-order chi connectivity index (χ0) is 9.31. The highest BCUT2D eigenvalue weighted by Gasteiger charge is 2.36. The first-order valence-corrected chi connectivity index (χ1v) is 5.25. The Bertz CT molecular complexity index is 172. The maximum absolute atomic E-state index is 6.20. The molecular formula is C10H20N2O. The normalized spacial score (nSPS) is 29.1. The van der Waals surface area contributed by atoms with Crippen molar-refractivity contribution < 1.29 is 4.74 Å². The van der Waals surface area contributed by atoms with E-state index >= 15 is 0 Å². The molecule has 1 aliphatic carbocycles. The van der Waals surface area contributed by atoms with E-state index in [0.717, 1.165) is 18.9 Å². The highest BCUT2D eigenvalue weighted by molar-refractivity contribution is 4.94. The Kier molecular flexibility index (Phi) is 2.58. The molecule has 0 aromatic heterocycles. The fourth-order valence-electron chi connectivity index (χ4n) is 2.21. The largest absolute Gasteiger partial charge is 0.383 e. The molecule has 2 fully saturated rings. The summed E-state index contributed by atoms with van der Waals surface area (Å²) in [7, 11) is 1.74. The highest BCUT2D eigenvalue weighted by atomic mass is 16.5. The summed E-state index contributed by atoms with van der Waals surface area (Å²) in [5, 5.41) is 0. The number of rotatable bonds is 3. The van der Waals surface area contributed by atoms with Crippen LogP contribution >= 0.6 is 0 Å². The summed E-state index contributed by atoms with van der Waals surface area (Å²) in [6.45, 7) is 3.06. The number of methoxy groups -OCH3 is 1. The molecule has 0 spiro atoms. The van der Waals surface area contributed by atoms with Crippen LogP contribution in [0.5, 0.6) is 0 Å². The number of likely N-dealkylation sites (tertiary alicyclic amines) is 1. The molecule has 0 radical (unpaired) electrons. The summed E-state index contributed by atoms with van der Waals surface area (Å²) in [6, 6.07) is 0.895. The summed E-state index contributed by atoms with van der Waals surface area (Å²) in [5.41, 5.74) is 6.16. The molecule has 3 heteroatoms. The second kappa shape index (κ2) is 3.56. The lowest BCUT2D eigenvalue weighted by molar-refractivity contribution is 0.0747. The van der Waals surface area contributed by atoms with Crippen LogP contribution in [0, 0.1) is 0 Å². The first-order valence-electron chi connectivity index (χ1n) is 5.25. The molecule has 13 heavy (non-hydrogen) atoms. The van der Waals surface area contributed by atoms with Crippen LogP contribution in [0.2, 0.25) is 0 Å². The average molecular weight is 184 g/mol. The summed E-state index contributed by atoms with van der Waals surface area (Å²) in [6.07, 6.45) is 5.00. The second-order valence-corrected chi connectivity index (χ2v) is 4.56. The number of nitrogens with zero attached hydrogens (tertiary/aromatic N) is 1. The Morgan fingerprint density at radius 2 is 2.00 bits per heavy atom. The van der Waals surface area contributed by atoms with Crippen molar-refractivity contribution in [3.63, 3.8) is 0 Å². The zero-order valence-electron chi connectivity index (χ0n) is 8.46. The number of nitrogens with two attached hydrogens (primary N) is 1. The molecule has 2 aliphatic rings. The Morgan fingerprint density at radius 1 is 1.38 bits per heavy atom. The van der Waals surface area contributed by atoms with Gasteiger partial charge in [0.1, 0.15) is 0 Å². The van der Waals surface area contributed by atoms with Gasteiger partial charge in [-0.05, 0) is 25.7 Å². The summed E-state index contributed by atoms with van der Waals surface area (Å²) in [5.74, 6) is 0. The van der Waals surface area contributed by atoms with Crippen LogP contribution in [-0.4, -0.2) is 43.3 Å². The molecule has 76 valence electrons. The third-order valence-corrected chi connectivity index (χ3v) is 3.29. The van der Waals surface area contributed by atoms with Crippen molar-refractivity contribution >= 4 is 0 Å². The molecule has 1 aliphatic heterocycles. The smallest absolute Gasteiger partial charge is 0.0643 e. The summed E-state index contributed by atoms with van der Waals surface area (Å²) >= 11 is 0. The van der Waals surface area contributed by atoms with E-state index in [-0.39, 0.29) is 5.54 Å². The van der Waals surface area contributed by atoms with Gasteiger partial charge in [-0.25, -0.2) is 0 Å². The topological polar surface area (TPSA) is 38.5 Å². The van der Waals surface area contributed by atoms with Gasteiger partial charge in [0.2, 0.25) is 0 Å². The Balaban J connectivity index is 1.80. The Morgan fingerprint density at radius 3 is 2.46 bits per heavy atom. The molecule has 1 saturated heterocycles. The SMILES string of the molecule is COCC1(N)CCN(C2CC2)CC1. The third kappa shape index (κ3) is 2.22. The van der Waals surface area contributed by atoms with Crippen LogP contribution in [0.3, 0.4) is 0 Å². The van der Waals surface area contributed by atoms with E-state index in [9.17, 15) is 0 Å². The summed E-state index contributed by atoms with van der Waals surface area (Å²) in [4.78, 5) is 2.58. The molecule has 0 aromatic rings. The molecule has 0 amide bonds. The summed E-state index contributed by atoms with van der Waals surface area (Å²) < 4.78 is 5.15. The number of hydrogen-bond donors (Lipinski definition) is 1. The third-order valence-electron chi connectivity index (χ3n) is 3.29. The molecule has 2 rings (SSSR count). The number of piperidine rings is 1. The van der Waals surface area contributed by atoms with Gasteiger partial charge in [-0.3, -0.25) is 0 Å². The van der Waals surface area contributed by atoms with Crippen molar-refractivity contribution in [1.82, 2.24) is 4.90 Å².